The summed E-state index contributed by atoms with van der Waals surface area (Å²) in [5, 5.41) is 3.66. The maximum absolute atomic E-state index is 3.66. The molecule has 0 amide bonds. The van der Waals surface area contributed by atoms with Crippen LogP contribution in [0.2, 0.25) is 0 Å². The summed E-state index contributed by atoms with van der Waals surface area (Å²) in [4.78, 5) is 0. The van der Waals surface area contributed by atoms with Crippen molar-refractivity contribution in [1.29, 1.82) is 0 Å². The van der Waals surface area contributed by atoms with Gasteiger partial charge in [0.15, 0.2) is 0 Å². The van der Waals surface area contributed by atoms with Crippen molar-refractivity contribution in [2.45, 2.75) is 44.6 Å². The summed E-state index contributed by atoms with van der Waals surface area (Å²) < 4.78 is 0. The molecular weight excluding hydrogens is 194 g/mol. The van der Waals surface area contributed by atoms with E-state index in [0.29, 0.717) is 0 Å². The highest BCUT2D eigenvalue weighted by Crippen LogP contribution is 2.52. The second-order valence-corrected chi connectivity index (χ2v) is 5.78. The van der Waals surface area contributed by atoms with Gasteiger partial charge in [-0.15, -0.1) is 0 Å². The Morgan fingerprint density at radius 3 is 2.69 bits per heavy atom. The van der Waals surface area contributed by atoms with Crippen LogP contribution in [0, 0.1) is 0 Å². The van der Waals surface area contributed by atoms with Gasteiger partial charge >= 0.3 is 0 Å². The quantitative estimate of drug-likeness (QED) is 0.645. The fourth-order valence-electron chi connectivity index (χ4n) is 3.57. The van der Waals surface area contributed by atoms with Crippen molar-refractivity contribution in [2.75, 3.05) is 5.32 Å². The van der Waals surface area contributed by atoms with E-state index in [9.17, 15) is 0 Å². The van der Waals surface area contributed by atoms with Crippen molar-refractivity contribution in [1.82, 2.24) is 0 Å². The molecule has 0 fully saturated rings. The number of nitrogens with one attached hydrogen (secondary N) is 1. The molecule has 0 spiro atoms. The van der Waals surface area contributed by atoms with E-state index in [1.807, 2.05) is 0 Å². The Morgan fingerprint density at radius 1 is 1.12 bits per heavy atom. The number of rotatable bonds is 0. The molecule has 3 rings (SSSR count). The molecule has 84 valence electrons. The molecule has 0 saturated carbocycles. The van der Waals surface area contributed by atoms with Gasteiger partial charge in [0, 0.05) is 11.1 Å². The molecule has 16 heavy (non-hydrogen) atoms. The average molecular weight is 213 g/mol. The number of allylic oxidation sites excluding steroid dienone is 1. The monoisotopic (exact) mass is 213 g/mol. The van der Waals surface area contributed by atoms with Crippen LogP contribution in [0.1, 0.15) is 39.2 Å². The van der Waals surface area contributed by atoms with Crippen molar-refractivity contribution in [2.24, 2.45) is 0 Å². The molecule has 1 N–H and O–H groups in total. The van der Waals surface area contributed by atoms with Crippen molar-refractivity contribution in [3.63, 3.8) is 0 Å². The summed E-state index contributed by atoms with van der Waals surface area (Å²) in [6, 6.07) is 8.75. The SMILES string of the molecule is CC1(C)Nc2ccccc2C2(C)CCC=C12. The summed E-state index contributed by atoms with van der Waals surface area (Å²) in [5.41, 5.74) is 4.70. The van der Waals surface area contributed by atoms with Gasteiger partial charge in [-0.2, -0.15) is 0 Å². The van der Waals surface area contributed by atoms with E-state index in [0.717, 1.165) is 0 Å². The molecule has 0 bridgehead atoms. The third-order valence-electron chi connectivity index (χ3n) is 4.23. The first-order chi connectivity index (χ1) is 7.54. The Hall–Kier alpha value is -1.24. The van der Waals surface area contributed by atoms with Gasteiger partial charge in [-0.3, -0.25) is 0 Å². The second kappa shape index (κ2) is 2.91. The highest BCUT2D eigenvalue weighted by molar-refractivity contribution is 5.66. The minimum absolute atomic E-state index is 0.0968. The first-order valence-corrected chi connectivity index (χ1v) is 6.13. The Labute approximate surface area is 97.6 Å². The number of hydrogen-bond donors (Lipinski definition) is 1. The lowest BCUT2D eigenvalue weighted by atomic mass is 9.67. The van der Waals surface area contributed by atoms with Crippen molar-refractivity contribution >= 4 is 5.69 Å². The Morgan fingerprint density at radius 2 is 1.88 bits per heavy atom. The van der Waals surface area contributed by atoms with E-state index in [1.54, 1.807) is 5.57 Å². The molecule has 1 heteroatoms. The minimum atomic E-state index is 0.0968. The Kier molecular flexibility index (Phi) is 1.81. The lowest BCUT2D eigenvalue weighted by Gasteiger charge is -2.46. The smallest absolute Gasteiger partial charge is 0.0537 e. The van der Waals surface area contributed by atoms with Gasteiger partial charge < -0.3 is 5.32 Å². The number of hydrogen-bond acceptors (Lipinski definition) is 1. The largest absolute Gasteiger partial charge is 0.376 e. The van der Waals surface area contributed by atoms with Crippen LogP contribution in [0.25, 0.3) is 0 Å². The maximum Gasteiger partial charge on any atom is 0.0537 e. The van der Waals surface area contributed by atoms with Crippen molar-refractivity contribution in [3.8, 4) is 0 Å². The molecular formula is C15H19N. The third-order valence-corrected chi connectivity index (χ3v) is 4.23. The minimum Gasteiger partial charge on any atom is -0.376 e. The summed E-state index contributed by atoms with van der Waals surface area (Å²) in [6.07, 6.45) is 4.90. The van der Waals surface area contributed by atoms with Crippen molar-refractivity contribution in [3.05, 3.63) is 41.5 Å². The van der Waals surface area contributed by atoms with E-state index in [4.69, 9.17) is 0 Å². The Bertz CT molecular complexity index is 470. The molecule has 1 aromatic carbocycles. The fourth-order valence-corrected chi connectivity index (χ4v) is 3.57. The van der Waals surface area contributed by atoms with Crippen molar-refractivity contribution < 1.29 is 0 Å². The van der Waals surface area contributed by atoms with Crippen LogP contribution in [-0.2, 0) is 5.41 Å². The lowest BCUT2D eigenvalue weighted by Crippen LogP contribution is -2.45. The number of benzene rings is 1. The molecule has 1 atom stereocenters. The fraction of sp³-hybridized carbons (Fsp3) is 0.467. The molecule has 0 saturated heterocycles. The zero-order valence-corrected chi connectivity index (χ0v) is 10.3. The van der Waals surface area contributed by atoms with E-state index >= 15 is 0 Å². The maximum atomic E-state index is 3.66. The van der Waals surface area contributed by atoms with Gasteiger partial charge in [-0.25, -0.2) is 0 Å². The van der Waals surface area contributed by atoms with Gasteiger partial charge in [0.2, 0.25) is 0 Å². The highest BCUT2D eigenvalue weighted by atomic mass is 15.0. The first-order valence-electron chi connectivity index (χ1n) is 6.13. The molecule has 1 aliphatic carbocycles. The lowest BCUT2D eigenvalue weighted by molar-refractivity contribution is 0.460. The third kappa shape index (κ3) is 1.12. The predicted octanol–water partition coefficient (Wildman–Crippen LogP) is 3.87. The standard InChI is InChI=1S/C15H19N/c1-14(2)13-9-6-10-15(13,3)11-7-4-5-8-12(11)16-14/h4-5,7-9,16H,6,10H2,1-3H3. The summed E-state index contributed by atoms with van der Waals surface area (Å²) in [7, 11) is 0. The normalized spacial score (nSPS) is 30.1. The number of para-hydroxylation sites is 1. The van der Waals surface area contributed by atoms with Crippen LogP contribution in [0.4, 0.5) is 5.69 Å². The average Bonchev–Trinajstić information content (AvgIpc) is 2.62. The van der Waals surface area contributed by atoms with Gasteiger partial charge in [0.25, 0.3) is 0 Å². The molecule has 1 aromatic rings. The Balaban J connectivity index is 2.26. The molecule has 1 heterocycles. The summed E-state index contributed by atoms with van der Waals surface area (Å²) >= 11 is 0. The molecule has 1 nitrogen and oxygen atoms in total. The van der Waals surface area contributed by atoms with E-state index in [2.05, 4.69) is 56.4 Å². The van der Waals surface area contributed by atoms with E-state index < -0.39 is 0 Å². The van der Waals surface area contributed by atoms with Gasteiger partial charge in [-0.05, 0) is 43.9 Å². The van der Waals surface area contributed by atoms with Crippen LogP contribution in [0.5, 0.6) is 0 Å². The summed E-state index contributed by atoms with van der Waals surface area (Å²) in [6.45, 7) is 6.98. The van der Waals surface area contributed by atoms with Gasteiger partial charge in [-0.1, -0.05) is 31.2 Å². The van der Waals surface area contributed by atoms with Crippen LogP contribution >= 0.6 is 0 Å². The van der Waals surface area contributed by atoms with E-state index in [-0.39, 0.29) is 11.0 Å². The van der Waals surface area contributed by atoms with Crippen LogP contribution in [-0.4, -0.2) is 5.54 Å². The topological polar surface area (TPSA) is 12.0 Å². The van der Waals surface area contributed by atoms with Crippen LogP contribution in [0.15, 0.2) is 35.9 Å². The first kappa shape index (κ1) is 9.95. The molecule has 1 aliphatic heterocycles. The van der Waals surface area contributed by atoms with Crippen LogP contribution in [0.3, 0.4) is 0 Å². The number of fused-ring (bicyclic) bond motifs is 3. The van der Waals surface area contributed by atoms with Gasteiger partial charge in [0.1, 0.15) is 0 Å². The summed E-state index contributed by atoms with van der Waals surface area (Å²) in [5.74, 6) is 0. The highest BCUT2D eigenvalue weighted by Gasteiger charge is 2.46. The zero-order valence-electron chi connectivity index (χ0n) is 10.3. The van der Waals surface area contributed by atoms with Gasteiger partial charge in [0.05, 0.1) is 5.54 Å². The van der Waals surface area contributed by atoms with Crippen LogP contribution < -0.4 is 5.32 Å². The molecule has 2 aliphatic rings. The molecule has 0 aromatic heterocycles. The number of anilines is 1. The molecule has 1 unspecified atom stereocenters. The predicted molar refractivity (Wildman–Crippen MR) is 68.8 cm³/mol. The zero-order chi connectivity index (χ0) is 11.4. The van der Waals surface area contributed by atoms with E-state index in [1.165, 1.54) is 24.1 Å². The molecule has 0 radical (unpaired) electrons. The second-order valence-electron chi connectivity index (χ2n) is 5.78.